The van der Waals surface area contributed by atoms with Gasteiger partial charge in [0, 0.05) is 5.92 Å². The first-order valence-electron chi connectivity index (χ1n) is 10.4. The lowest BCUT2D eigenvalue weighted by Gasteiger charge is -2.36. The summed E-state index contributed by atoms with van der Waals surface area (Å²) in [5.41, 5.74) is -2.11. The molecule has 8 heteroatoms. The third kappa shape index (κ3) is 4.12. The minimum atomic E-state index is -1.79. The highest BCUT2D eigenvalue weighted by atomic mass is 16.6. The molecule has 0 saturated heterocycles. The summed E-state index contributed by atoms with van der Waals surface area (Å²) in [7, 11) is 1.16. The molecule has 1 aromatic rings. The Kier molecular flexibility index (Phi) is 7.14. The molecule has 1 aromatic carbocycles. The summed E-state index contributed by atoms with van der Waals surface area (Å²) < 4.78 is 10.4. The van der Waals surface area contributed by atoms with Crippen LogP contribution in [-0.4, -0.2) is 30.7 Å². The summed E-state index contributed by atoms with van der Waals surface area (Å²) in [6.45, 7) is 12.3. The highest BCUT2D eigenvalue weighted by molar-refractivity contribution is 6.25. The van der Waals surface area contributed by atoms with Crippen LogP contribution in [0.4, 0.5) is 10.5 Å². The average Bonchev–Trinajstić information content (AvgIpc) is 3.03. The first-order chi connectivity index (χ1) is 15.4. The van der Waals surface area contributed by atoms with Crippen molar-refractivity contribution in [3.05, 3.63) is 53.1 Å². The fraction of sp³-hybridized carbons (Fsp3) is 0.400. The van der Waals surface area contributed by atoms with Crippen molar-refractivity contribution in [2.75, 3.05) is 12.0 Å². The number of hydrogen-bond donors (Lipinski definition) is 0. The standard InChI is InChI=1S/C25H27N3O5/c1-8-18(17(13-26)14-27)15(2)25(16(3)21(29)32-7)19-11-9-10-12-20(19)28(22(25)30)23(31)33-24(4,5)6/h9-12,15H,3,8H2,1-2,4-7H3/t15-,25+/m1/s1. The molecule has 0 unspecified atom stereocenters. The van der Waals surface area contributed by atoms with Crippen LogP contribution in [0.5, 0.6) is 0 Å². The maximum atomic E-state index is 14.1. The third-order valence-corrected chi connectivity index (χ3v) is 5.69. The van der Waals surface area contributed by atoms with Crippen molar-refractivity contribution in [3.63, 3.8) is 0 Å². The Morgan fingerprint density at radius 2 is 1.79 bits per heavy atom. The zero-order chi connectivity index (χ0) is 25.1. The molecule has 33 heavy (non-hydrogen) atoms. The maximum absolute atomic E-state index is 14.1. The normalized spacial score (nSPS) is 17.8. The molecule has 0 aliphatic carbocycles. The molecule has 0 aromatic heterocycles. The van der Waals surface area contributed by atoms with Crippen LogP contribution in [0.25, 0.3) is 0 Å². The molecule has 0 radical (unpaired) electrons. The number of nitrogens with zero attached hydrogens (tertiary/aromatic N) is 3. The van der Waals surface area contributed by atoms with E-state index < -0.39 is 34.9 Å². The number of fused-ring (bicyclic) bond motifs is 1. The van der Waals surface area contributed by atoms with Gasteiger partial charge in [-0.1, -0.05) is 38.6 Å². The lowest BCUT2D eigenvalue weighted by Crippen LogP contribution is -2.51. The van der Waals surface area contributed by atoms with E-state index in [9.17, 15) is 24.9 Å². The van der Waals surface area contributed by atoms with Crippen LogP contribution < -0.4 is 4.90 Å². The minimum Gasteiger partial charge on any atom is -0.466 e. The van der Waals surface area contributed by atoms with E-state index in [-0.39, 0.29) is 23.3 Å². The van der Waals surface area contributed by atoms with Crippen molar-refractivity contribution in [3.8, 4) is 12.1 Å². The molecule has 1 aliphatic rings. The van der Waals surface area contributed by atoms with Gasteiger partial charge in [-0.15, -0.1) is 0 Å². The van der Waals surface area contributed by atoms with Gasteiger partial charge in [0.2, 0.25) is 0 Å². The zero-order valence-electron chi connectivity index (χ0n) is 19.7. The molecule has 0 spiro atoms. The number of carbonyl (C=O) groups excluding carboxylic acids is 3. The molecule has 2 amide bonds. The Morgan fingerprint density at radius 1 is 1.21 bits per heavy atom. The molecular formula is C25H27N3O5. The first-order valence-corrected chi connectivity index (χ1v) is 10.4. The first kappa shape index (κ1) is 25.4. The fourth-order valence-corrected chi connectivity index (χ4v) is 4.28. The molecule has 1 aliphatic heterocycles. The molecule has 0 fully saturated rings. The van der Waals surface area contributed by atoms with Crippen molar-refractivity contribution in [2.45, 2.75) is 52.1 Å². The molecule has 172 valence electrons. The molecule has 0 saturated carbocycles. The number of imide groups is 1. The summed E-state index contributed by atoms with van der Waals surface area (Å²) in [6.07, 6.45) is -0.648. The van der Waals surface area contributed by atoms with Gasteiger partial charge in [0.1, 0.15) is 28.7 Å². The number of methoxy groups -OCH3 is 1. The molecule has 2 atom stereocenters. The van der Waals surface area contributed by atoms with Crippen molar-refractivity contribution in [1.29, 1.82) is 10.5 Å². The number of esters is 1. The van der Waals surface area contributed by atoms with Gasteiger partial charge in [-0.3, -0.25) is 4.79 Å². The maximum Gasteiger partial charge on any atom is 0.421 e. The van der Waals surface area contributed by atoms with Crippen LogP contribution in [0.3, 0.4) is 0 Å². The minimum absolute atomic E-state index is 0.164. The zero-order valence-corrected chi connectivity index (χ0v) is 19.7. The van der Waals surface area contributed by atoms with Gasteiger partial charge in [-0.25, -0.2) is 14.5 Å². The molecule has 0 bridgehead atoms. The Labute approximate surface area is 193 Å². The number of carbonyl (C=O) groups is 3. The number of allylic oxidation sites excluding steroid dienone is 2. The van der Waals surface area contributed by atoms with E-state index in [4.69, 9.17) is 9.47 Å². The van der Waals surface area contributed by atoms with Crippen molar-refractivity contribution < 1.29 is 23.9 Å². The van der Waals surface area contributed by atoms with Crippen LogP contribution in [0, 0.1) is 28.6 Å². The van der Waals surface area contributed by atoms with Gasteiger partial charge in [0.15, 0.2) is 0 Å². The van der Waals surface area contributed by atoms with E-state index in [1.54, 1.807) is 58.9 Å². The molecular weight excluding hydrogens is 422 g/mol. The van der Waals surface area contributed by atoms with Crippen LogP contribution in [-0.2, 0) is 24.5 Å². The van der Waals surface area contributed by atoms with Gasteiger partial charge >= 0.3 is 12.1 Å². The summed E-state index contributed by atoms with van der Waals surface area (Å²) in [4.78, 5) is 40.8. The number of para-hydroxylation sites is 1. The number of amides is 2. The SMILES string of the molecule is C=C(C(=O)OC)[C@]1([C@H](C)C(CC)=C(C#N)C#N)C(=O)N(C(=O)OC(C)(C)C)c2ccccc21. The van der Waals surface area contributed by atoms with Gasteiger partial charge in [0.25, 0.3) is 5.91 Å². The van der Waals surface area contributed by atoms with Crippen molar-refractivity contribution in [1.82, 2.24) is 0 Å². The molecule has 8 nitrogen and oxygen atoms in total. The van der Waals surface area contributed by atoms with E-state index in [1.165, 1.54) is 0 Å². The van der Waals surface area contributed by atoms with E-state index in [0.717, 1.165) is 12.0 Å². The number of hydrogen-bond acceptors (Lipinski definition) is 7. The van der Waals surface area contributed by atoms with Gasteiger partial charge < -0.3 is 9.47 Å². The van der Waals surface area contributed by atoms with Gasteiger partial charge in [-0.05, 0) is 44.4 Å². The van der Waals surface area contributed by atoms with Crippen LogP contribution in [0.1, 0.15) is 46.6 Å². The number of rotatable bonds is 5. The smallest absolute Gasteiger partial charge is 0.421 e. The topological polar surface area (TPSA) is 120 Å². The summed E-state index contributed by atoms with van der Waals surface area (Å²) in [5, 5.41) is 19.0. The molecule has 2 rings (SSSR count). The second kappa shape index (κ2) is 9.30. The summed E-state index contributed by atoms with van der Waals surface area (Å²) in [5.74, 6) is -2.48. The quantitative estimate of drug-likeness (QED) is 0.373. The Balaban J connectivity index is 2.93. The lowest BCUT2D eigenvalue weighted by atomic mass is 9.63. The third-order valence-electron chi connectivity index (χ3n) is 5.69. The van der Waals surface area contributed by atoms with E-state index >= 15 is 0 Å². The lowest BCUT2D eigenvalue weighted by molar-refractivity contribution is -0.139. The fourth-order valence-electron chi connectivity index (χ4n) is 4.28. The summed E-state index contributed by atoms with van der Waals surface area (Å²) in [6, 6.07) is 10.2. The van der Waals surface area contributed by atoms with E-state index in [1.807, 2.05) is 12.1 Å². The van der Waals surface area contributed by atoms with Crippen molar-refractivity contribution in [2.24, 2.45) is 5.92 Å². The summed E-state index contributed by atoms with van der Waals surface area (Å²) >= 11 is 0. The van der Waals surface area contributed by atoms with Crippen LogP contribution in [0.15, 0.2) is 47.6 Å². The monoisotopic (exact) mass is 449 g/mol. The average molecular weight is 450 g/mol. The molecule has 1 heterocycles. The molecule has 0 N–H and O–H groups in total. The number of nitriles is 2. The van der Waals surface area contributed by atoms with Crippen molar-refractivity contribution >= 4 is 23.7 Å². The number of anilines is 1. The largest absolute Gasteiger partial charge is 0.466 e. The van der Waals surface area contributed by atoms with Crippen LogP contribution in [0.2, 0.25) is 0 Å². The second-order valence-electron chi connectivity index (χ2n) is 8.62. The van der Waals surface area contributed by atoms with Crippen LogP contribution >= 0.6 is 0 Å². The van der Waals surface area contributed by atoms with Gasteiger partial charge in [0.05, 0.1) is 18.4 Å². The number of ether oxygens (including phenoxy) is 2. The van der Waals surface area contributed by atoms with E-state index in [2.05, 4.69) is 6.58 Å². The number of benzene rings is 1. The Bertz CT molecular complexity index is 1110. The highest BCUT2D eigenvalue weighted by Gasteiger charge is 2.60. The Morgan fingerprint density at radius 3 is 2.27 bits per heavy atom. The van der Waals surface area contributed by atoms with E-state index in [0.29, 0.717) is 11.1 Å². The predicted molar refractivity (Wildman–Crippen MR) is 121 cm³/mol. The highest BCUT2D eigenvalue weighted by Crippen LogP contribution is 2.53. The van der Waals surface area contributed by atoms with Gasteiger partial charge in [-0.2, -0.15) is 10.5 Å². The Hall–Kier alpha value is -3.91. The predicted octanol–water partition coefficient (Wildman–Crippen LogP) is 4.33. The second-order valence-corrected chi connectivity index (χ2v) is 8.62.